The Kier molecular flexibility index (Phi) is 7.11. The summed E-state index contributed by atoms with van der Waals surface area (Å²) in [5, 5.41) is 0. The van der Waals surface area contributed by atoms with Crippen molar-refractivity contribution in [2.24, 2.45) is 29.6 Å². The van der Waals surface area contributed by atoms with Crippen molar-refractivity contribution in [3.63, 3.8) is 0 Å². The first kappa shape index (κ1) is 19.0. The van der Waals surface area contributed by atoms with Gasteiger partial charge in [-0.1, -0.05) is 38.2 Å². The van der Waals surface area contributed by atoms with Crippen molar-refractivity contribution in [1.82, 2.24) is 0 Å². The normalized spacial score (nSPS) is 38.6. The Bertz CT molecular complexity index is 417. The van der Waals surface area contributed by atoms with E-state index in [1.807, 2.05) is 0 Å². The van der Waals surface area contributed by atoms with E-state index in [0.29, 0.717) is 0 Å². The molecule has 0 amide bonds. The van der Waals surface area contributed by atoms with E-state index in [1.165, 1.54) is 57.8 Å². The van der Waals surface area contributed by atoms with Crippen LogP contribution in [0.3, 0.4) is 0 Å². The zero-order valence-electron chi connectivity index (χ0n) is 16.7. The molecule has 2 heteroatoms. The second-order valence-electron chi connectivity index (χ2n) is 9.60. The second-order valence-corrected chi connectivity index (χ2v) is 9.60. The quantitative estimate of drug-likeness (QED) is 0.533. The molecule has 0 aromatic carbocycles. The van der Waals surface area contributed by atoms with Gasteiger partial charge in [0.25, 0.3) is 0 Å². The highest BCUT2D eigenvalue weighted by atomic mass is 16.7. The van der Waals surface area contributed by atoms with E-state index in [4.69, 9.17) is 9.47 Å². The average Bonchev–Trinajstić information content (AvgIpc) is 2.74. The largest absolute Gasteiger partial charge is 0.349 e. The molecular weight excluding hydrogens is 320 g/mol. The lowest BCUT2D eigenvalue weighted by atomic mass is 9.66. The molecule has 1 aliphatic heterocycles. The summed E-state index contributed by atoms with van der Waals surface area (Å²) in [6, 6.07) is 0. The van der Waals surface area contributed by atoms with Crippen molar-refractivity contribution < 1.29 is 9.47 Å². The highest BCUT2D eigenvalue weighted by Gasteiger charge is 2.33. The summed E-state index contributed by atoms with van der Waals surface area (Å²) in [6.07, 6.45) is 25.0. The number of hydrogen-bond donors (Lipinski definition) is 0. The van der Waals surface area contributed by atoms with Crippen LogP contribution in [0.15, 0.2) is 12.2 Å². The van der Waals surface area contributed by atoms with Gasteiger partial charge in [0.1, 0.15) is 0 Å². The number of rotatable bonds is 4. The predicted molar refractivity (Wildman–Crippen MR) is 107 cm³/mol. The van der Waals surface area contributed by atoms with Crippen LogP contribution in [-0.2, 0) is 9.47 Å². The third-order valence-corrected chi connectivity index (χ3v) is 8.01. The predicted octanol–water partition coefficient (Wildman–Crippen LogP) is 6.50. The second kappa shape index (κ2) is 9.73. The molecule has 3 saturated carbocycles. The van der Waals surface area contributed by atoms with Crippen LogP contribution in [0.2, 0.25) is 0 Å². The molecule has 0 radical (unpaired) electrons. The van der Waals surface area contributed by atoms with E-state index in [-0.39, 0.29) is 6.29 Å². The van der Waals surface area contributed by atoms with E-state index in [1.54, 1.807) is 25.7 Å². The zero-order chi connectivity index (χ0) is 17.6. The van der Waals surface area contributed by atoms with Crippen molar-refractivity contribution in [2.75, 3.05) is 13.2 Å². The minimum Gasteiger partial charge on any atom is -0.349 e. The van der Waals surface area contributed by atoms with Gasteiger partial charge in [0.15, 0.2) is 6.29 Å². The van der Waals surface area contributed by atoms with Gasteiger partial charge in [-0.05, 0) is 93.5 Å². The molecule has 1 saturated heterocycles. The standard InChI is InChI=1S/C24H40O2/c1-2-5-20(6-3-1)22-12-14-23(15-13-22)21-10-7-19(8-11-21)9-16-24-25-17-4-18-26-24/h9,16,19-24H,1-8,10-15,17-18H2/t19?,21?,22-,23-. The van der Waals surface area contributed by atoms with Crippen molar-refractivity contribution in [2.45, 2.75) is 96.2 Å². The molecular formula is C24H40O2. The highest BCUT2D eigenvalue weighted by molar-refractivity contribution is 4.95. The number of allylic oxidation sites excluding steroid dienone is 1. The molecule has 0 aromatic rings. The van der Waals surface area contributed by atoms with E-state index in [9.17, 15) is 0 Å². The highest BCUT2D eigenvalue weighted by Crippen LogP contribution is 2.45. The SMILES string of the molecule is C(=CC1OCCCO1)C1CCC([C@H]2CC[C@H](C3CCCCC3)CC2)CC1. The van der Waals surface area contributed by atoms with E-state index in [0.717, 1.165) is 49.2 Å². The zero-order valence-corrected chi connectivity index (χ0v) is 16.7. The van der Waals surface area contributed by atoms with Crippen molar-refractivity contribution >= 4 is 0 Å². The molecule has 2 nitrogen and oxygen atoms in total. The maximum Gasteiger partial charge on any atom is 0.176 e. The first-order valence-electron chi connectivity index (χ1n) is 11.8. The molecule has 0 unspecified atom stereocenters. The van der Waals surface area contributed by atoms with Crippen LogP contribution in [0, 0.1) is 29.6 Å². The van der Waals surface area contributed by atoms with Gasteiger partial charge in [-0.25, -0.2) is 0 Å². The summed E-state index contributed by atoms with van der Waals surface area (Å²) >= 11 is 0. The van der Waals surface area contributed by atoms with Crippen molar-refractivity contribution in [3.8, 4) is 0 Å². The Hall–Kier alpha value is -0.340. The van der Waals surface area contributed by atoms with Crippen molar-refractivity contribution in [3.05, 3.63) is 12.2 Å². The molecule has 0 aromatic heterocycles. The third-order valence-electron chi connectivity index (χ3n) is 8.01. The smallest absolute Gasteiger partial charge is 0.176 e. The lowest BCUT2D eigenvalue weighted by Crippen LogP contribution is -2.28. The average molecular weight is 361 g/mol. The Morgan fingerprint density at radius 2 is 0.962 bits per heavy atom. The van der Waals surface area contributed by atoms with Crippen LogP contribution in [0.1, 0.15) is 89.9 Å². The van der Waals surface area contributed by atoms with Crippen LogP contribution < -0.4 is 0 Å². The van der Waals surface area contributed by atoms with Gasteiger partial charge in [0.2, 0.25) is 0 Å². The first-order valence-corrected chi connectivity index (χ1v) is 11.8. The van der Waals surface area contributed by atoms with Gasteiger partial charge in [0.05, 0.1) is 13.2 Å². The Morgan fingerprint density at radius 1 is 0.462 bits per heavy atom. The molecule has 26 heavy (non-hydrogen) atoms. The van der Waals surface area contributed by atoms with Gasteiger partial charge in [-0.3, -0.25) is 0 Å². The molecule has 4 rings (SSSR count). The summed E-state index contributed by atoms with van der Waals surface area (Å²) in [7, 11) is 0. The molecule has 148 valence electrons. The number of ether oxygens (including phenoxy) is 2. The van der Waals surface area contributed by atoms with Gasteiger partial charge in [-0.15, -0.1) is 0 Å². The lowest BCUT2D eigenvalue weighted by molar-refractivity contribution is -0.150. The molecule has 0 bridgehead atoms. The molecule has 0 N–H and O–H groups in total. The van der Waals surface area contributed by atoms with Crippen LogP contribution in [0.4, 0.5) is 0 Å². The molecule has 0 spiro atoms. The summed E-state index contributed by atoms with van der Waals surface area (Å²) in [4.78, 5) is 0. The summed E-state index contributed by atoms with van der Waals surface area (Å²) in [5.74, 6) is 5.01. The van der Waals surface area contributed by atoms with E-state index in [2.05, 4.69) is 12.2 Å². The minimum atomic E-state index is -0.0726. The van der Waals surface area contributed by atoms with Crippen LogP contribution in [0.5, 0.6) is 0 Å². The summed E-state index contributed by atoms with van der Waals surface area (Å²) < 4.78 is 11.3. The van der Waals surface area contributed by atoms with Gasteiger partial charge < -0.3 is 9.47 Å². The number of hydrogen-bond acceptors (Lipinski definition) is 2. The molecule has 1 heterocycles. The summed E-state index contributed by atoms with van der Waals surface area (Å²) in [5.41, 5.74) is 0. The first-order chi connectivity index (χ1) is 12.9. The minimum absolute atomic E-state index is 0.0726. The fourth-order valence-corrected chi connectivity index (χ4v) is 6.37. The fourth-order valence-electron chi connectivity index (χ4n) is 6.37. The van der Waals surface area contributed by atoms with Crippen molar-refractivity contribution in [1.29, 1.82) is 0 Å². The topological polar surface area (TPSA) is 18.5 Å². The Morgan fingerprint density at radius 3 is 1.54 bits per heavy atom. The van der Waals surface area contributed by atoms with Gasteiger partial charge in [0, 0.05) is 0 Å². The lowest BCUT2D eigenvalue weighted by Gasteiger charge is -2.40. The van der Waals surface area contributed by atoms with Gasteiger partial charge in [-0.2, -0.15) is 0 Å². The monoisotopic (exact) mass is 360 g/mol. The third kappa shape index (κ3) is 5.13. The van der Waals surface area contributed by atoms with E-state index >= 15 is 0 Å². The Balaban J connectivity index is 1.16. The van der Waals surface area contributed by atoms with Crippen LogP contribution in [-0.4, -0.2) is 19.5 Å². The molecule has 4 aliphatic rings. The van der Waals surface area contributed by atoms with E-state index < -0.39 is 0 Å². The molecule has 3 aliphatic carbocycles. The maximum atomic E-state index is 5.64. The van der Waals surface area contributed by atoms with Crippen LogP contribution in [0.25, 0.3) is 0 Å². The van der Waals surface area contributed by atoms with Crippen LogP contribution >= 0.6 is 0 Å². The van der Waals surface area contributed by atoms with Gasteiger partial charge >= 0.3 is 0 Å². The Labute approximate surface area is 161 Å². The molecule has 0 atom stereocenters. The maximum absolute atomic E-state index is 5.64. The fraction of sp³-hybridized carbons (Fsp3) is 0.917. The molecule has 4 fully saturated rings. The summed E-state index contributed by atoms with van der Waals surface area (Å²) in [6.45, 7) is 1.70.